The van der Waals surface area contributed by atoms with Gasteiger partial charge in [0.15, 0.2) is 0 Å². The van der Waals surface area contributed by atoms with Gasteiger partial charge in [-0.1, -0.05) is 35.1 Å². The fourth-order valence-electron chi connectivity index (χ4n) is 2.31. The number of pyridine rings is 1. The molecule has 0 bridgehead atoms. The standard InChI is InChI=1S/C18H10ClFN4OS/c19-15-14(8-3-11-2-1-9-21-10-11)22-18-24(17(15)25)23-16(26-18)12-4-6-13(20)7-5-12/h1-10H/b8-3+. The SMILES string of the molecule is O=c1c(Cl)c(/C=C/c2cccnc2)nc2sc(-c3ccc(F)cc3)nn12. The number of nitrogens with zero attached hydrogens (tertiary/aromatic N) is 4. The summed E-state index contributed by atoms with van der Waals surface area (Å²) >= 11 is 7.40. The molecule has 0 amide bonds. The molecule has 0 saturated heterocycles. The molecule has 128 valence electrons. The summed E-state index contributed by atoms with van der Waals surface area (Å²) in [6.07, 6.45) is 6.81. The van der Waals surface area contributed by atoms with Crippen LogP contribution in [0.15, 0.2) is 53.6 Å². The van der Waals surface area contributed by atoms with E-state index in [1.54, 1.807) is 36.7 Å². The Morgan fingerprint density at radius 2 is 1.96 bits per heavy atom. The van der Waals surface area contributed by atoms with Crippen LogP contribution in [-0.2, 0) is 0 Å². The van der Waals surface area contributed by atoms with Gasteiger partial charge in [-0.25, -0.2) is 9.37 Å². The van der Waals surface area contributed by atoms with E-state index in [2.05, 4.69) is 15.1 Å². The second-order valence-electron chi connectivity index (χ2n) is 5.34. The first-order valence-corrected chi connectivity index (χ1v) is 8.75. The van der Waals surface area contributed by atoms with Crippen molar-refractivity contribution >= 4 is 40.1 Å². The van der Waals surface area contributed by atoms with Crippen molar-refractivity contribution in [1.82, 2.24) is 19.6 Å². The van der Waals surface area contributed by atoms with Crippen molar-refractivity contribution in [2.45, 2.75) is 0 Å². The van der Waals surface area contributed by atoms with E-state index in [0.717, 1.165) is 10.1 Å². The average molecular weight is 385 g/mol. The third kappa shape index (κ3) is 3.14. The van der Waals surface area contributed by atoms with Gasteiger partial charge in [-0.3, -0.25) is 9.78 Å². The molecule has 26 heavy (non-hydrogen) atoms. The fraction of sp³-hybridized carbons (Fsp3) is 0. The minimum absolute atomic E-state index is 0.0152. The zero-order valence-corrected chi connectivity index (χ0v) is 14.7. The Hall–Kier alpha value is -2.90. The third-order valence-corrected chi connectivity index (χ3v) is 4.90. The molecule has 0 atom stereocenters. The van der Waals surface area contributed by atoms with Crippen LogP contribution in [0.3, 0.4) is 0 Å². The van der Waals surface area contributed by atoms with Crippen molar-refractivity contribution in [3.8, 4) is 10.6 Å². The second-order valence-corrected chi connectivity index (χ2v) is 6.68. The van der Waals surface area contributed by atoms with Gasteiger partial charge in [0.2, 0.25) is 4.96 Å². The number of halogens is 2. The molecule has 0 N–H and O–H groups in total. The van der Waals surface area contributed by atoms with Gasteiger partial charge in [0.05, 0.1) is 5.69 Å². The molecular formula is C18H10ClFN4OS. The van der Waals surface area contributed by atoms with E-state index in [-0.39, 0.29) is 10.8 Å². The van der Waals surface area contributed by atoms with Crippen LogP contribution in [0.4, 0.5) is 4.39 Å². The van der Waals surface area contributed by atoms with Crippen molar-refractivity contribution in [2.75, 3.05) is 0 Å². The van der Waals surface area contributed by atoms with Gasteiger partial charge < -0.3 is 0 Å². The maximum Gasteiger partial charge on any atom is 0.294 e. The fourth-order valence-corrected chi connectivity index (χ4v) is 3.40. The summed E-state index contributed by atoms with van der Waals surface area (Å²) in [5.41, 5.74) is 1.47. The lowest BCUT2D eigenvalue weighted by atomic mass is 10.2. The van der Waals surface area contributed by atoms with E-state index < -0.39 is 5.56 Å². The van der Waals surface area contributed by atoms with Crippen molar-refractivity contribution in [3.63, 3.8) is 0 Å². The number of fused-ring (bicyclic) bond motifs is 1. The maximum atomic E-state index is 13.1. The van der Waals surface area contributed by atoms with Crippen LogP contribution in [-0.4, -0.2) is 19.6 Å². The quantitative estimate of drug-likeness (QED) is 0.531. The summed E-state index contributed by atoms with van der Waals surface area (Å²) in [7, 11) is 0. The lowest BCUT2D eigenvalue weighted by molar-refractivity contribution is 0.628. The number of aromatic nitrogens is 4. The van der Waals surface area contributed by atoms with Gasteiger partial charge in [-0.15, -0.1) is 0 Å². The predicted octanol–water partition coefficient (Wildman–Crippen LogP) is 4.18. The Labute approximate surface area is 156 Å². The Bertz CT molecular complexity index is 1170. The first-order chi connectivity index (χ1) is 12.6. The van der Waals surface area contributed by atoms with E-state index in [0.29, 0.717) is 21.2 Å². The molecule has 0 aliphatic rings. The highest BCUT2D eigenvalue weighted by Crippen LogP contribution is 2.25. The molecule has 0 radical (unpaired) electrons. The number of benzene rings is 1. The molecule has 0 unspecified atom stereocenters. The van der Waals surface area contributed by atoms with Crippen LogP contribution in [0, 0.1) is 5.82 Å². The van der Waals surface area contributed by atoms with Crippen molar-refractivity contribution < 1.29 is 4.39 Å². The highest BCUT2D eigenvalue weighted by atomic mass is 35.5. The molecule has 5 nitrogen and oxygen atoms in total. The molecule has 3 aromatic heterocycles. The predicted molar refractivity (Wildman–Crippen MR) is 101 cm³/mol. The normalized spacial score (nSPS) is 11.5. The zero-order chi connectivity index (χ0) is 18.1. The molecule has 0 aliphatic carbocycles. The van der Waals surface area contributed by atoms with E-state index in [1.807, 2.05) is 12.1 Å². The first kappa shape index (κ1) is 16.6. The van der Waals surface area contributed by atoms with Gasteiger partial charge in [-0.2, -0.15) is 9.61 Å². The van der Waals surface area contributed by atoms with Crippen LogP contribution < -0.4 is 5.56 Å². The minimum Gasteiger partial charge on any atom is -0.266 e. The van der Waals surface area contributed by atoms with Gasteiger partial charge in [0, 0.05) is 18.0 Å². The van der Waals surface area contributed by atoms with E-state index >= 15 is 0 Å². The Balaban J connectivity index is 1.79. The molecule has 0 saturated carbocycles. The van der Waals surface area contributed by atoms with E-state index in [9.17, 15) is 9.18 Å². The molecule has 4 aromatic rings. The van der Waals surface area contributed by atoms with Crippen LogP contribution >= 0.6 is 22.9 Å². The minimum atomic E-state index is -0.452. The zero-order valence-electron chi connectivity index (χ0n) is 13.1. The molecule has 0 spiro atoms. The molecular weight excluding hydrogens is 375 g/mol. The van der Waals surface area contributed by atoms with E-state index in [1.165, 1.54) is 23.5 Å². The Morgan fingerprint density at radius 1 is 1.15 bits per heavy atom. The summed E-state index contributed by atoms with van der Waals surface area (Å²) in [4.78, 5) is 21.3. The highest BCUT2D eigenvalue weighted by Gasteiger charge is 2.14. The Morgan fingerprint density at radius 3 is 2.69 bits per heavy atom. The van der Waals surface area contributed by atoms with Crippen molar-refractivity contribution in [1.29, 1.82) is 0 Å². The summed E-state index contributed by atoms with van der Waals surface area (Å²) in [6.45, 7) is 0. The summed E-state index contributed by atoms with van der Waals surface area (Å²) < 4.78 is 14.2. The molecule has 0 fully saturated rings. The topological polar surface area (TPSA) is 60.2 Å². The van der Waals surface area contributed by atoms with Crippen LogP contribution in [0.25, 0.3) is 27.7 Å². The second kappa shape index (κ2) is 6.78. The van der Waals surface area contributed by atoms with Crippen LogP contribution in [0.2, 0.25) is 5.02 Å². The molecule has 0 aliphatic heterocycles. The maximum absolute atomic E-state index is 13.1. The lowest BCUT2D eigenvalue weighted by Gasteiger charge is -1.97. The van der Waals surface area contributed by atoms with E-state index in [4.69, 9.17) is 11.6 Å². The number of hydrogen-bond donors (Lipinski definition) is 0. The average Bonchev–Trinajstić information content (AvgIpc) is 3.09. The number of hydrogen-bond acceptors (Lipinski definition) is 5. The highest BCUT2D eigenvalue weighted by molar-refractivity contribution is 7.19. The molecule has 8 heteroatoms. The monoisotopic (exact) mass is 384 g/mol. The van der Waals surface area contributed by atoms with Crippen LogP contribution in [0.5, 0.6) is 0 Å². The van der Waals surface area contributed by atoms with Crippen molar-refractivity contribution in [3.05, 3.63) is 81.2 Å². The number of rotatable bonds is 3. The van der Waals surface area contributed by atoms with Crippen LogP contribution in [0.1, 0.15) is 11.3 Å². The van der Waals surface area contributed by atoms with Gasteiger partial charge in [0.1, 0.15) is 15.8 Å². The molecule has 1 aromatic carbocycles. The van der Waals surface area contributed by atoms with Gasteiger partial charge in [0.25, 0.3) is 5.56 Å². The first-order valence-electron chi connectivity index (χ1n) is 7.55. The van der Waals surface area contributed by atoms with Crippen molar-refractivity contribution in [2.24, 2.45) is 0 Å². The summed E-state index contributed by atoms with van der Waals surface area (Å²) in [6, 6.07) is 9.57. The summed E-state index contributed by atoms with van der Waals surface area (Å²) in [5.74, 6) is -0.337. The molecule has 4 rings (SSSR count). The molecule has 3 heterocycles. The largest absolute Gasteiger partial charge is 0.294 e. The Kier molecular flexibility index (Phi) is 4.32. The van der Waals surface area contributed by atoms with Gasteiger partial charge in [-0.05, 0) is 42.0 Å². The lowest BCUT2D eigenvalue weighted by Crippen LogP contribution is -2.16. The smallest absolute Gasteiger partial charge is 0.266 e. The summed E-state index contributed by atoms with van der Waals surface area (Å²) in [5, 5.41) is 4.79. The van der Waals surface area contributed by atoms with Gasteiger partial charge >= 0.3 is 0 Å². The third-order valence-electron chi connectivity index (χ3n) is 3.59.